The summed E-state index contributed by atoms with van der Waals surface area (Å²) in [5.74, 6) is 0.282. The summed E-state index contributed by atoms with van der Waals surface area (Å²) >= 11 is 0. The molecule has 29 heavy (non-hydrogen) atoms. The van der Waals surface area contributed by atoms with Gasteiger partial charge < -0.3 is 30.2 Å². The van der Waals surface area contributed by atoms with Gasteiger partial charge in [0.05, 0.1) is 5.69 Å². The largest absolute Gasteiger partial charge is 0.509 e. The third-order valence-corrected chi connectivity index (χ3v) is 6.45. The lowest BCUT2D eigenvalue weighted by Gasteiger charge is -2.32. The molecule has 1 saturated carbocycles. The predicted octanol–water partition coefficient (Wildman–Crippen LogP) is 1.13. The summed E-state index contributed by atoms with van der Waals surface area (Å²) in [6.45, 7) is 7.27. The van der Waals surface area contributed by atoms with Gasteiger partial charge in [-0.15, -0.1) is 0 Å². The highest BCUT2D eigenvalue weighted by molar-refractivity contribution is 5.66. The molecule has 4 rings (SSSR count). The van der Waals surface area contributed by atoms with E-state index in [0.717, 1.165) is 0 Å². The van der Waals surface area contributed by atoms with Crippen LogP contribution in [-0.2, 0) is 19.8 Å². The van der Waals surface area contributed by atoms with Crippen LogP contribution < -0.4 is 5.73 Å². The number of anilines is 1. The third-order valence-electron chi connectivity index (χ3n) is 6.45. The molecule has 4 N–H and O–H groups in total. The fraction of sp³-hybridized carbons (Fsp3) is 0.632. The molecule has 0 bridgehead atoms. The van der Waals surface area contributed by atoms with Gasteiger partial charge in [-0.2, -0.15) is 5.10 Å². The molecule has 0 amide bonds. The average Bonchev–Trinajstić information content (AvgIpc) is 3.00. The standard InChI is InChI=1S/C19H26N4O6/c1-5-17(3,6-2)29-16(25)27-12-13-19(12,26)15(24)18(4,28-13)11-8-7-10-14(20)21-9-22-23(10)11/h7-9,12-13,15,24,26H,5-6H2,1-4H3,(H2,20,21,22)/t12?,13-,15+,18+,19-/m1/s1. The summed E-state index contributed by atoms with van der Waals surface area (Å²) in [6.07, 6.45) is -1.60. The Morgan fingerprint density at radius 1 is 1.41 bits per heavy atom. The van der Waals surface area contributed by atoms with Crippen molar-refractivity contribution in [3.63, 3.8) is 0 Å². The second-order valence-electron chi connectivity index (χ2n) is 8.14. The van der Waals surface area contributed by atoms with Crippen LogP contribution in [0.3, 0.4) is 0 Å². The maximum Gasteiger partial charge on any atom is 0.509 e. The van der Waals surface area contributed by atoms with Crippen molar-refractivity contribution in [3.05, 3.63) is 24.2 Å². The van der Waals surface area contributed by atoms with E-state index in [0.29, 0.717) is 24.1 Å². The number of aliphatic hydroxyl groups is 2. The number of nitrogens with zero attached hydrogens (tertiary/aromatic N) is 3. The monoisotopic (exact) mass is 406 g/mol. The van der Waals surface area contributed by atoms with Crippen LogP contribution in [0.2, 0.25) is 0 Å². The average molecular weight is 406 g/mol. The van der Waals surface area contributed by atoms with Gasteiger partial charge >= 0.3 is 6.16 Å². The first kappa shape index (κ1) is 19.9. The number of aliphatic hydroxyl groups excluding tert-OH is 1. The third kappa shape index (κ3) is 2.70. The zero-order chi connectivity index (χ0) is 21.2. The highest BCUT2D eigenvalue weighted by Gasteiger charge is 2.82. The highest BCUT2D eigenvalue weighted by Crippen LogP contribution is 2.59. The van der Waals surface area contributed by atoms with Gasteiger partial charge in [-0.05, 0) is 38.8 Å². The number of fused-ring (bicyclic) bond motifs is 2. The minimum atomic E-state index is -1.73. The Labute approximate surface area is 167 Å². The van der Waals surface area contributed by atoms with E-state index in [1.165, 1.54) is 10.8 Å². The van der Waals surface area contributed by atoms with E-state index in [2.05, 4.69) is 10.1 Å². The molecule has 0 spiro atoms. The Bertz CT molecular complexity index is 959. The van der Waals surface area contributed by atoms with Gasteiger partial charge in [0, 0.05) is 0 Å². The fourth-order valence-corrected chi connectivity index (χ4v) is 3.98. The van der Waals surface area contributed by atoms with Gasteiger partial charge in [0.25, 0.3) is 0 Å². The van der Waals surface area contributed by atoms with Crippen LogP contribution in [0.4, 0.5) is 10.6 Å². The second kappa shape index (κ2) is 6.28. The van der Waals surface area contributed by atoms with Crippen LogP contribution in [0.1, 0.15) is 46.2 Å². The molecule has 2 aromatic rings. The zero-order valence-electron chi connectivity index (χ0n) is 16.8. The van der Waals surface area contributed by atoms with Gasteiger partial charge in [-0.25, -0.2) is 14.3 Å². The summed E-state index contributed by atoms with van der Waals surface area (Å²) in [4.78, 5) is 16.1. The van der Waals surface area contributed by atoms with Gasteiger partial charge in [0.2, 0.25) is 0 Å². The summed E-state index contributed by atoms with van der Waals surface area (Å²) in [5.41, 5.74) is 3.26. The minimum Gasteiger partial charge on any atom is -0.428 e. The Morgan fingerprint density at radius 2 is 2.10 bits per heavy atom. The molecule has 1 saturated heterocycles. The number of aromatic nitrogens is 3. The Balaban J connectivity index is 1.53. The number of nitrogen functional groups attached to an aromatic ring is 1. The van der Waals surface area contributed by atoms with E-state index in [-0.39, 0.29) is 5.82 Å². The van der Waals surface area contributed by atoms with Crippen molar-refractivity contribution in [1.29, 1.82) is 0 Å². The molecular weight excluding hydrogens is 380 g/mol. The summed E-state index contributed by atoms with van der Waals surface area (Å²) in [7, 11) is 0. The van der Waals surface area contributed by atoms with Crippen molar-refractivity contribution in [2.24, 2.45) is 0 Å². The summed E-state index contributed by atoms with van der Waals surface area (Å²) < 4.78 is 18.1. The molecule has 2 aliphatic rings. The lowest BCUT2D eigenvalue weighted by Crippen LogP contribution is -2.47. The number of carbonyl (C=O) groups excluding carboxylic acids is 1. The molecule has 2 aromatic heterocycles. The molecule has 5 atom stereocenters. The minimum absolute atomic E-state index is 0.282. The number of ether oxygens (including phenoxy) is 3. The first-order chi connectivity index (χ1) is 13.6. The van der Waals surface area contributed by atoms with Crippen molar-refractivity contribution < 1.29 is 29.2 Å². The number of hydrogen-bond acceptors (Lipinski definition) is 9. The van der Waals surface area contributed by atoms with Crippen LogP contribution in [-0.4, -0.2) is 60.5 Å². The normalized spacial score (nSPS) is 33.5. The SMILES string of the molecule is CCC(C)(CC)OC(=O)OC1[C@H]2O[C@@](C)(c3ccc4c(N)ncnn34)[C@H](O)[C@@]12O. The molecule has 0 radical (unpaired) electrons. The molecule has 10 nitrogen and oxygen atoms in total. The molecule has 0 aromatic carbocycles. The smallest absolute Gasteiger partial charge is 0.428 e. The van der Waals surface area contributed by atoms with E-state index in [1.807, 2.05) is 20.8 Å². The van der Waals surface area contributed by atoms with Crippen LogP contribution in [0.5, 0.6) is 0 Å². The maximum absolute atomic E-state index is 12.2. The van der Waals surface area contributed by atoms with Gasteiger partial charge in [-0.1, -0.05) is 13.8 Å². The molecule has 158 valence electrons. The van der Waals surface area contributed by atoms with Crippen molar-refractivity contribution in [2.75, 3.05) is 5.73 Å². The van der Waals surface area contributed by atoms with Gasteiger partial charge in [-0.3, -0.25) is 0 Å². The Hall–Kier alpha value is -2.43. The molecule has 1 aliphatic carbocycles. The fourth-order valence-electron chi connectivity index (χ4n) is 3.98. The number of carbonyl (C=O) groups is 1. The maximum atomic E-state index is 12.2. The van der Waals surface area contributed by atoms with Gasteiger partial charge in [0.15, 0.2) is 17.5 Å². The van der Waals surface area contributed by atoms with E-state index in [9.17, 15) is 15.0 Å². The molecule has 10 heteroatoms. The van der Waals surface area contributed by atoms with Crippen LogP contribution in [0, 0.1) is 0 Å². The van der Waals surface area contributed by atoms with E-state index < -0.39 is 41.3 Å². The van der Waals surface area contributed by atoms with E-state index in [4.69, 9.17) is 19.9 Å². The van der Waals surface area contributed by atoms with Crippen LogP contribution in [0.25, 0.3) is 5.52 Å². The zero-order valence-corrected chi connectivity index (χ0v) is 16.8. The molecular formula is C19H26N4O6. The van der Waals surface area contributed by atoms with Gasteiger partial charge in [0.1, 0.15) is 35.3 Å². The topological polar surface area (TPSA) is 141 Å². The van der Waals surface area contributed by atoms with Crippen molar-refractivity contribution in [1.82, 2.24) is 14.6 Å². The van der Waals surface area contributed by atoms with Crippen molar-refractivity contribution >= 4 is 17.5 Å². The highest BCUT2D eigenvalue weighted by atomic mass is 16.8. The van der Waals surface area contributed by atoms with Crippen LogP contribution >= 0.6 is 0 Å². The first-order valence-electron chi connectivity index (χ1n) is 9.67. The van der Waals surface area contributed by atoms with E-state index >= 15 is 0 Å². The first-order valence-corrected chi connectivity index (χ1v) is 9.67. The van der Waals surface area contributed by atoms with Crippen molar-refractivity contribution in [3.8, 4) is 0 Å². The lowest BCUT2D eigenvalue weighted by molar-refractivity contribution is -0.136. The molecule has 2 fully saturated rings. The number of hydrogen-bond donors (Lipinski definition) is 3. The lowest BCUT2D eigenvalue weighted by atomic mass is 9.91. The number of rotatable bonds is 5. The molecule has 1 unspecified atom stereocenters. The van der Waals surface area contributed by atoms with E-state index in [1.54, 1.807) is 19.1 Å². The summed E-state index contributed by atoms with van der Waals surface area (Å²) in [6, 6.07) is 3.41. The predicted molar refractivity (Wildman–Crippen MR) is 101 cm³/mol. The molecule has 1 aliphatic heterocycles. The molecule has 3 heterocycles. The second-order valence-corrected chi connectivity index (χ2v) is 8.14. The van der Waals surface area contributed by atoms with Crippen LogP contribution in [0.15, 0.2) is 18.5 Å². The Kier molecular flexibility index (Phi) is 4.30. The number of nitrogens with two attached hydrogens (primary N) is 1. The van der Waals surface area contributed by atoms with Crippen molar-refractivity contribution in [2.45, 2.75) is 75.7 Å². The Morgan fingerprint density at radius 3 is 2.69 bits per heavy atom. The quantitative estimate of drug-likeness (QED) is 0.623. The summed E-state index contributed by atoms with van der Waals surface area (Å²) in [5, 5.41) is 26.0.